The van der Waals surface area contributed by atoms with Gasteiger partial charge in [0.25, 0.3) is 5.22 Å². The summed E-state index contributed by atoms with van der Waals surface area (Å²) >= 11 is 1.36. The first-order chi connectivity index (χ1) is 10.4. The summed E-state index contributed by atoms with van der Waals surface area (Å²) in [6.45, 7) is 7.96. The van der Waals surface area contributed by atoms with Gasteiger partial charge in [-0.1, -0.05) is 37.7 Å². The molecule has 10 heteroatoms. The fraction of sp³-hybridized carbons (Fsp3) is 0.500. The van der Waals surface area contributed by atoms with Crippen LogP contribution in [0, 0.1) is 0 Å². The Morgan fingerprint density at radius 2 is 2.09 bits per heavy atom. The molecule has 3 heterocycles. The van der Waals surface area contributed by atoms with Crippen LogP contribution >= 0.6 is 11.8 Å². The monoisotopic (exact) mass is 321 g/mol. The quantitative estimate of drug-likeness (QED) is 0.722. The normalized spacial score (nSPS) is 13.5. The van der Waals surface area contributed by atoms with Gasteiger partial charge >= 0.3 is 0 Å². The van der Waals surface area contributed by atoms with Crippen LogP contribution in [-0.4, -0.2) is 35.5 Å². The zero-order valence-corrected chi connectivity index (χ0v) is 13.4. The molecule has 3 aromatic rings. The van der Waals surface area contributed by atoms with E-state index in [0.29, 0.717) is 28.7 Å². The summed E-state index contributed by atoms with van der Waals surface area (Å²) in [6, 6.07) is 0. The molecule has 0 aromatic carbocycles. The second-order valence-electron chi connectivity index (χ2n) is 5.67. The highest BCUT2D eigenvalue weighted by Gasteiger charge is 2.24. The molecule has 1 atom stereocenters. The molecule has 0 fully saturated rings. The maximum absolute atomic E-state index is 5.64. The highest BCUT2D eigenvalue weighted by Crippen LogP contribution is 2.34. The number of aromatic nitrogens is 7. The standard InChI is InChI=1S/C12H15N7O2S/c1-6(22-11-18-17-10(20-11)12(2,3)4)9-15-8(19-21-9)7-13-5-14-16-7/h5-6H,1-4H3,(H,13,14,16). The van der Waals surface area contributed by atoms with Gasteiger partial charge in [-0.25, -0.2) is 4.98 Å². The molecule has 9 nitrogen and oxygen atoms in total. The lowest BCUT2D eigenvalue weighted by atomic mass is 9.97. The SMILES string of the molecule is CC(Sc1nnc(C(C)(C)C)o1)c1nc(-c2ncn[nH]2)no1. The van der Waals surface area contributed by atoms with Crippen molar-refractivity contribution in [1.82, 2.24) is 35.5 Å². The summed E-state index contributed by atoms with van der Waals surface area (Å²) in [7, 11) is 0. The summed E-state index contributed by atoms with van der Waals surface area (Å²) in [4.78, 5) is 8.26. The topological polar surface area (TPSA) is 119 Å². The van der Waals surface area contributed by atoms with Crippen LogP contribution < -0.4 is 0 Å². The number of nitrogens with zero attached hydrogens (tertiary/aromatic N) is 6. The molecule has 0 saturated heterocycles. The molecule has 0 radical (unpaired) electrons. The van der Waals surface area contributed by atoms with E-state index in [-0.39, 0.29) is 10.7 Å². The molecule has 0 aliphatic heterocycles. The Morgan fingerprint density at radius 3 is 2.73 bits per heavy atom. The van der Waals surface area contributed by atoms with E-state index in [1.165, 1.54) is 18.1 Å². The fourth-order valence-corrected chi connectivity index (χ4v) is 2.29. The molecule has 116 valence electrons. The van der Waals surface area contributed by atoms with Crippen molar-refractivity contribution in [2.24, 2.45) is 0 Å². The van der Waals surface area contributed by atoms with Gasteiger partial charge in [0.1, 0.15) is 6.33 Å². The van der Waals surface area contributed by atoms with E-state index in [1.54, 1.807) is 0 Å². The van der Waals surface area contributed by atoms with Crippen molar-refractivity contribution in [3.05, 3.63) is 18.1 Å². The van der Waals surface area contributed by atoms with Crippen LogP contribution in [0.5, 0.6) is 0 Å². The van der Waals surface area contributed by atoms with Crippen molar-refractivity contribution in [1.29, 1.82) is 0 Å². The first-order valence-electron chi connectivity index (χ1n) is 6.63. The zero-order valence-electron chi connectivity index (χ0n) is 12.6. The third kappa shape index (κ3) is 3.01. The van der Waals surface area contributed by atoms with Crippen LogP contribution in [-0.2, 0) is 5.41 Å². The summed E-state index contributed by atoms with van der Waals surface area (Å²) in [6.07, 6.45) is 1.38. The van der Waals surface area contributed by atoms with Crippen molar-refractivity contribution < 1.29 is 8.94 Å². The van der Waals surface area contributed by atoms with E-state index in [1.807, 2.05) is 27.7 Å². The number of hydrogen-bond donors (Lipinski definition) is 1. The van der Waals surface area contributed by atoms with Gasteiger partial charge in [-0.2, -0.15) is 10.1 Å². The maximum Gasteiger partial charge on any atom is 0.277 e. The van der Waals surface area contributed by atoms with Crippen LogP contribution in [0.25, 0.3) is 11.6 Å². The van der Waals surface area contributed by atoms with Crippen LogP contribution in [0.1, 0.15) is 44.7 Å². The number of nitrogens with one attached hydrogen (secondary N) is 1. The predicted octanol–water partition coefficient (Wildman–Crippen LogP) is 2.39. The van der Waals surface area contributed by atoms with Crippen LogP contribution in [0.3, 0.4) is 0 Å². The van der Waals surface area contributed by atoms with E-state index < -0.39 is 0 Å². The van der Waals surface area contributed by atoms with Crippen LogP contribution in [0.15, 0.2) is 20.5 Å². The van der Waals surface area contributed by atoms with E-state index >= 15 is 0 Å². The van der Waals surface area contributed by atoms with E-state index in [9.17, 15) is 0 Å². The van der Waals surface area contributed by atoms with Gasteiger partial charge in [-0.3, -0.25) is 5.10 Å². The lowest BCUT2D eigenvalue weighted by Crippen LogP contribution is -2.11. The summed E-state index contributed by atoms with van der Waals surface area (Å²) in [5, 5.41) is 18.7. The lowest BCUT2D eigenvalue weighted by Gasteiger charge is -2.11. The molecule has 0 bridgehead atoms. The summed E-state index contributed by atoms with van der Waals surface area (Å²) in [5.41, 5.74) is -0.182. The van der Waals surface area contributed by atoms with Gasteiger partial charge < -0.3 is 8.94 Å². The highest BCUT2D eigenvalue weighted by molar-refractivity contribution is 7.99. The minimum atomic E-state index is -0.182. The number of H-pyrrole nitrogens is 1. The third-order valence-corrected chi connectivity index (χ3v) is 3.66. The smallest absolute Gasteiger partial charge is 0.277 e. The van der Waals surface area contributed by atoms with E-state index in [2.05, 4.69) is 35.5 Å². The number of hydrogen-bond acceptors (Lipinski definition) is 9. The molecule has 0 spiro atoms. The first-order valence-corrected chi connectivity index (χ1v) is 7.51. The van der Waals surface area contributed by atoms with Crippen LogP contribution in [0.4, 0.5) is 0 Å². The van der Waals surface area contributed by atoms with Crippen molar-refractivity contribution in [2.75, 3.05) is 0 Å². The van der Waals surface area contributed by atoms with Gasteiger partial charge in [-0.15, -0.1) is 10.2 Å². The Bertz CT molecular complexity index is 744. The van der Waals surface area contributed by atoms with Crippen molar-refractivity contribution >= 4 is 11.8 Å². The zero-order chi connectivity index (χ0) is 15.7. The summed E-state index contributed by atoms with van der Waals surface area (Å²) < 4.78 is 10.9. The molecule has 1 unspecified atom stereocenters. The Hall–Kier alpha value is -2.23. The van der Waals surface area contributed by atoms with Gasteiger partial charge in [0.2, 0.25) is 17.6 Å². The average Bonchev–Trinajstić information content (AvgIpc) is 3.18. The molecular weight excluding hydrogens is 306 g/mol. The van der Waals surface area contributed by atoms with Crippen LogP contribution in [0.2, 0.25) is 0 Å². The van der Waals surface area contributed by atoms with E-state index in [0.717, 1.165) is 0 Å². The Labute approximate surface area is 130 Å². The highest BCUT2D eigenvalue weighted by atomic mass is 32.2. The second-order valence-corrected chi connectivity index (χ2v) is 6.97. The van der Waals surface area contributed by atoms with Gasteiger partial charge in [0, 0.05) is 5.41 Å². The molecule has 0 saturated carbocycles. The maximum atomic E-state index is 5.64. The molecule has 0 amide bonds. The first kappa shape index (κ1) is 14.7. The molecule has 3 aromatic heterocycles. The molecule has 0 aliphatic carbocycles. The Morgan fingerprint density at radius 1 is 1.27 bits per heavy atom. The lowest BCUT2D eigenvalue weighted by molar-refractivity contribution is 0.345. The van der Waals surface area contributed by atoms with Crippen molar-refractivity contribution in [2.45, 2.75) is 43.6 Å². The average molecular weight is 321 g/mol. The number of aromatic amines is 1. The molecular formula is C12H15N7O2S. The van der Waals surface area contributed by atoms with Gasteiger partial charge in [0.05, 0.1) is 5.25 Å². The Kier molecular flexibility index (Phi) is 3.69. The minimum absolute atomic E-state index is 0.127. The molecule has 22 heavy (non-hydrogen) atoms. The van der Waals surface area contributed by atoms with Crippen molar-refractivity contribution in [3.8, 4) is 11.6 Å². The predicted molar refractivity (Wildman–Crippen MR) is 76.9 cm³/mol. The third-order valence-electron chi connectivity index (χ3n) is 2.74. The Balaban J connectivity index is 1.72. The van der Waals surface area contributed by atoms with Gasteiger partial charge in [0.15, 0.2) is 5.82 Å². The largest absolute Gasteiger partial charge is 0.415 e. The minimum Gasteiger partial charge on any atom is -0.415 e. The second kappa shape index (κ2) is 5.52. The number of thioether (sulfide) groups is 1. The molecule has 1 N–H and O–H groups in total. The molecule has 3 rings (SSSR count). The molecule has 0 aliphatic rings. The van der Waals surface area contributed by atoms with E-state index in [4.69, 9.17) is 8.94 Å². The fourth-order valence-electron chi connectivity index (χ4n) is 1.57. The number of rotatable bonds is 4. The van der Waals surface area contributed by atoms with Gasteiger partial charge in [-0.05, 0) is 6.92 Å². The summed E-state index contributed by atoms with van der Waals surface area (Å²) in [5.74, 6) is 1.86. The van der Waals surface area contributed by atoms with Crippen molar-refractivity contribution in [3.63, 3.8) is 0 Å².